The number of amides is 1. The van der Waals surface area contributed by atoms with Crippen LogP contribution in [0, 0.1) is 0 Å². The summed E-state index contributed by atoms with van der Waals surface area (Å²) < 4.78 is 10.1. The monoisotopic (exact) mass is 306 g/mol. The lowest BCUT2D eigenvalue weighted by Gasteiger charge is -2.05. The smallest absolute Gasteiger partial charge is 0.234 e. The summed E-state index contributed by atoms with van der Waals surface area (Å²) in [6.45, 7) is 0. The number of aromatic nitrogens is 5. The molecule has 0 unspecified atom stereocenters. The molecular weight excluding hydrogens is 296 g/mol. The van der Waals surface area contributed by atoms with Crippen molar-refractivity contribution >= 4 is 46.1 Å². The van der Waals surface area contributed by atoms with Gasteiger partial charge in [0.25, 0.3) is 0 Å². The Morgan fingerprint density at radius 1 is 1.45 bits per heavy atom. The highest BCUT2D eigenvalue weighted by molar-refractivity contribution is 7.99. The van der Waals surface area contributed by atoms with Crippen molar-refractivity contribution in [3.8, 4) is 0 Å². The first-order valence-corrected chi connectivity index (χ1v) is 7.43. The Hall–Kier alpha value is -2.00. The van der Waals surface area contributed by atoms with Crippen LogP contribution < -0.4 is 5.32 Å². The van der Waals surface area contributed by atoms with Crippen molar-refractivity contribution in [2.45, 2.75) is 5.16 Å². The summed E-state index contributed by atoms with van der Waals surface area (Å²) in [5, 5.41) is 11.2. The number of aryl methyl sites for hydroxylation is 1. The van der Waals surface area contributed by atoms with Crippen LogP contribution >= 0.6 is 23.5 Å². The summed E-state index contributed by atoms with van der Waals surface area (Å²) in [7, 11) is 1.84. The van der Waals surface area contributed by atoms with E-state index in [4.69, 9.17) is 0 Å². The molecule has 2 aromatic heterocycles. The fourth-order valence-corrected chi connectivity index (χ4v) is 2.86. The van der Waals surface area contributed by atoms with Gasteiger partial charge in [0.1, 0.15) is 17.4 Å². The number of anilines is 1. The van der Waals surface area contributed by atoms with Crippen molar-refractivity contribution in [1.29, 1.82) is 0 Å². The summed E-state index contributed by atoms with van der Waals surface area (Å²) in [5.74, 6) is 0.152. The first-order chi connectivity index (χ1) is 9.74. The molecule has 3 rings (SSSR count). The maximum Gasteiger partial charge on any atom is 0.234 e. The number of carbonyl (C=O) groups excluding carboxylic acids is 1. The van der Waals surface area contributed by atoms with Gasteiger partial charge in [0.2, 0.25) is 5.91 Å². The highest BCUT2D eigenvalue weighted by Gasteiger charge is 2.10. The molecule has 20 heavy (non-hydrogen) atoms. The second-order valence-corrected chi connectivity index (χ2v) is 5.47. The van der Waals surface area contributed by atoms with E-state index >= 15 is 0 Å². The van der Waals surface area contributed by atoms with Crippen LogP contribution in [0.15, 0.2) is 29.7 Å². The highest BCUT2D eigenvalue weighted by Crippen LogP contribution is 2.21. The van der Waals surface area contributed by atoms with Gasteiger partial charge in [-0.15, -0.1) is 10.2 Å². The standard InChI is InChI=1S/C11H10N6OS2/c1-17-6-12-14-11(17)19-5-9(18)13-7-3-2-4-8-10(7)16-20-15-8/h2-4,6H,5H2,1H3,(H,13,18). The lowest BCUT2D eigenvalue weighted by atomic mass is 10.2. The molecule has 0 saturated heterocycles. The van der Waals surface area contributed by atoms with E-state index in [0.717, 1.165) is 22.8 Å². The zero-order valence-electron chi connectivity index (χ0n) is 10.5. The lowest BCUT2D eigenvalue weighted by Crippen LogP contribution is -2.14. The van der Waals surface area contributed by atoms with Gasteiger partial charge in [-0.3, -0.25) is 4.79 Å². The van der Waals surface area contributed by atoms with Gasteiger partial charge in [-0.1, -0.05) is 17.8 Å². The van der Waals surface area contributed by atoms with Gasteiger partial charge in [0.15, 0.2) is 5.16 Å². The number of hydrogen-bond acceptors (Lipinski definition) is 7. The third-order valence-corrected chi connectivity index (χ3v) is 4.14. The molecule has 0 aliphatic rings. The van der Waals surface area contributed by atoms with Gasteiger partial charge in [-0.05, 0) is 12.1 Å². The van der Waals surface area contributed by atoms with Crippen LogP contribution in [0.5, 0.6) is 0 Å². The third kappa shape index (κ3) is 2.63. The quantitative estimate of drug-likeness (QED) is 0.736. The Labute approximate surface area is 122 Å². The number of carbonyl (C=O) groups is 1. The lowest BCUT2D eigenvalue weighted by molar-refractivity contribution is -0.113. The number of nitrogens with one attached hydrogen (secondary N) is 1. The number of nitrogens with zero attached hydrogens (tertiary/aromatic N) is 5. The van der Waals surface area contributed by atoms with E-state index in [1.807, 2.05) is 25.2 Å². The Bertz CT molecular complexity index is 752. The Kier molecular flexibility index (Phi) is 3.61. The fraction of sp³-hybridized carbons (Fsp3) is 0.182. The molecule has 0 aliphatic carbocycles. The van der Waals surface area contributed by atoms with Crippen LogP contribution in [0.2, 0.25) is 0 Å². The molecule has 0 radical (unpaired) electrons. The molecule has 7 nitrogen and oxygen atoms in total. The van der Waals surface area contributed by atoms with Gasteiger partial charge in [-0.25, -0.2) is 0 Å². The van der Waals surface area contributed by atoms with Crippen LogP contribution in [0.4, 0.5) is 5.69 Å². The molecule has 1 amide bonds. The minimum absolute atomic E-state index is 0.112. The van der Waals surface area contributed by atoms with Crippen molar-refractivity contribution in [2.24, 2.45) is 7.05 Å². The van der Waals surface area contributed by atoms with E-state index in [-0.39, 0.29) is 11.7 Å². The molecular formula is C11H10N6OS2. The topological polar surface area (TPSA) is 85.6 Å². The van der Waals surface area contributed by atoms with Gasteiger partial charge in [0, 0.05) is 7.05 Å². The van der Waals surface area contributed by atoms with Gasteiger partial charge >= 0.3 is 0 Å². The molecule has 1 N–H and O–H groups in total. The molecule has 0 spiro atoms. The van der Waals surface area contributed by atoms with Crippen LogP contribution in [0.3, 0.4) is 0 Å². The van der Waals surface area contributed by atoms with E-state index in [2.05, 4.69) is 24.3 Å². The maximum absolute atomic E-state index is 12.0. The molecule has 9 heteroatoms. The fourth-order valence-electron chi connectivity index (χ4n) is 1.63. The molecule has 0 saturated carbocycles. The summed E-state index contributed by atoms with van der Waals surface area (Å²) in [4.78, 5) is 12.0. The third-order valence-electron chi connectivity index (χ3n) is 2.56. The van der Waals surface area contributed by atoms with E-state index in [1.54, 1.807) is 10.9 Å². The van der Waals surface area contributed by atoms with Crippen LogP contribution in [0.25, 0.3) is 11.0 Å². The van der Waals surface area contributed by atoms with Crippen molar-refractivity contribution in [3.63, 3.8) is 0 Å². The number of hydrogen-bond donors (Lipinski definition) is 1. The number of thioether (sulfide) groups is 1. The first-order valence-electron chi connectivity index (χ1n) is 5.72. The van der Waals surface area contributed by atoms with Crippen molar-refractivity contribution in [2.75, 3.05) is 11.1 Å². The maximum atomic E-state index is 12.0. The molecule has 102 valence electrons. The Balaban J connectivity index is 1.67. The van der Waals surface area contributed by atoms with Gasteiger partial charge in [0.05, 0.1) is 23.2 Å². The van der Waals surface area contributed by atoms with E-state index < -0.39 is 0 Å². The Morgan fingerprint density at radius 2 is 2.35 bits per heavy atom. The summed E-state index contributed by atoms with van der Waals surface area (Å²) in [5.41, 5.74) is 2.18. The van der Waals surface area contributed by atoms with Crippen LogP contribution in [-0.2, 0) is 11.8 Å². The normalized spacial score (nSPS) is 10.8. The van der Waals surface area contributed by atoms with Crippen LogP contribution in [-0.4, -0.2) is 35.2 Å². The zero-order valence-corrected chi connectivity index (χ0v) is 12.1. The summed E-state index contributed by atoms with van der Waals surface area (Å²) in [6, 6.07) is 5.52. The highest BCUT2D eigenvalue weighted by atomic mass is 32.2. The Morgan fingerprint density at radius 3 is 3.15 bits per heavy atom. The number of benzene rings is 1. The number of fused-ring (bicyclic) bond motifs is 1. The first kappa shape index (κ1) is 13.0. The van der Waals surface area contributed by atoms with Gasteiger partial charge in [-0.2, -0.15) is 8.75 Å². The molecule has 0 atom stereocenters. The van der Waals surface area contributed by atoms with E-state index in [9.17, 15) is 4.79 Å². The zero-order chi connectivity index (χ0) is 13.9. The molecule has 1 aromatic carbocycles. The predicted molar refractivity (Wildman–Crippen MR) is 77.8 cm³/mol. The molecule has 3 aromatic rings. The average Bonchev–Trinajstić information content (AvgIpc) is 3.06. The second-order valence-electron chi connectivity index (χ2n) is 4.00. The average molecular weight is 306 g/mol. The molecule has 0 aliphatic heterocycles. The number of rotatable bonds is 4. The SMILES string of the molecule is Cn1cnnc1SCC(=O)Nc1cccc2nsnc12. The van der Waals surface area contributed by atoms with Crippen molar-refractivity contribution in [1.82, 2.24) is 23.5 Å². The minimum atomic E-state index is -0.112. The second kappa shape index (κ2) is 5.55. The predicted octanol–water partition coefficient (Wildman–Crippen LogP) is 1.55. The van der Waals surface area contributed by atoms with E-state index in [0.29, 0.717) is 10.8 Å². The van der Waals surface area contributed by atoms with E-state index in [1.165, 1.54) is 11.8 Å². The van der Waals surface area contributed by atoms with Crippen molar-refractivity contribution in [3.05, 3.63) is 24.5 Å². The van der Waals surface area contributed by atoms with Crippen LogP contribution in [0.1, 0.15) is 0 Å². The van der Waals surface area contributed by atoms with Crippen molar-refractivity contribution < 1.29 is 4.79 Å². The summed E-state index contributed by atoms with van der Waals surface area (Å²) in [6.07, 6.45) is 1.60. The molecule has 0 bridgehead atoms. The largest absolute Gasteiger partial charge is 0.323 e. The molecule has 2 heterocycles. The molecule has 0 fully saturated rings. The van der Waals surface area contributed by atoms with Gasteiger partial charge < -0.3 is 9.88 Å². The summed E-state index contributed by atoms with van der Waals surface area (Å²) >= 11 is 2.46. The minimum Gasteiger partial charge on any atom is -0.323 e.